The highest BCUT2D eigenvalue weighted by atomic mass is 32.2. The molecule has 0 saturated carbocycles. The van der Waals surface area contributed by atoms with Gasteiger partial charge in [-0.25, -0.2) is 4.79 Å². The maximum absolute atomic E-state index is 12.0. The second-order valence-electron chi connectivity index (χ2n) is 3.90. The number of methoxy groups -OCH3 is 1. The van der Waals surface area contributed by atoms with Gasteiger partial charge in [0, 0.05) is 5.38 Å². The number of sulfonamides is 1. The lowest BCUT2D eigenvalue weighted by molar-refractivity contribution is 0.0606. The summed E-state index contributed by atoms with van der Waals surface area (Å²) in [5.41, 5.74) is 0.977. The van der Waals surface area contributed by atoms with Crippen molar-refractivity contribution in [2.75, 3.05) is 7.11 Å². The molecule has 0 aliphatic heterocycles. The van der Waals surface area contributed by atoms with E-state index >= 15 is 0 Å². The predicted octanol–water partition coefficient (Wildman–Crippen LogP) is 3.09. The Hall–Kier alpha value is -1.29. The minimum atomic E-state index is -3.71. The molecule has 2 aromatic rings. The fourth-order valence-corrected chi connectivity index (χ4v) is 5.63. The molecule has 2 rings (SSSR count). The molecule has 0 fully saturated rings. The summed E-state index contributed by atoms with van der Waals surface area (Å²) < 4.78 is 33.0. The van der Waals surface area contributed by atoms with Crippen LogP contribution in [0, 0.1) is 10.1 Å². The van der Waals surface area contributed by atoms with Crippen molar-refractivity contribution in [3.05, 3.63) is 43.2 Å². The van der Waals surface area contributed by atoms with Gasteiger partial charge in [-0.2, -0.15) is 8.42 Å². The first-order valence-electron chi connectivity index (χ1n) is 5.63. The molecule has 0 amide bonds. The third kappa shape index (κ3) is 4.10. The third-order valence-corrected chi connectivity index (χ3v) is 7.36. The van der Waals surface area contributed by atoms with Gasteiger partial charge < -0.3 is 4.74 Å². The molecule has 1 aromatic carbocycles. The summed E-state index contributed by atoms with van der Waals surface area (Å²) in [6.45, 7) is 1.88. The Morgan fingerprint density at radius 3 is 2.57 bits per heavy atom. The Morgan fingerprint density at radius 2 is 1.95 bits per heavy atom. The van der Waals surface area contributed by atoms with E-state index in [1.165, 1.54) is 30.6 Å². The van der Waals surface area contributed by atoms with Crippen molar-refractivity contribution in [1.29, 1.82) is 0 Å². The summed E-state index contributed by atoms with van der Waals surface area (Å²) in [4.78, 5) is 11.9. The molecule has 0 N–H and O–H groups in total. The maximum atomic E-state index is 12.0. The lowest BCUT2D eigenvalue weighted by atomic mass is 10.2. The number of hydrogen-bond donors (Lipinski definition) is 0. The van der Waals surface area contributed by atoms with Crippen LogP contribution in [0.25, 0.3) is 0 Å². The van der Waals surface area contributed by atoms with Gasteiger partial charge in [0.1, 0.15) is 4.88 Å². The normalized spacial score (nSPS) is 11.0. The summed E-state index contributed by atoms with van der Waals surface area (Å²) >= 11 is 3.25. The van der Waals surface area contributed by atoms with Crippen LogP contribution in [0.2, 0.25) is 0 Å². The van der Waals surface area contributed by atoms with Gasteiger partial charge in [-0.05, 0) is 30.2 Å². The van der Waals surface area contributed by atoms with E-state index in [1.807, 2.05) is 6.92 Å². The molecule has 21 heavy (non-hydrogen) atoms. The van der Waals surface area contributed by atoms with Crippen LogP contribution in [-0.2, 0) is 25.9 Å². The van der Waals surface area contributed by atoms with Gasteiger partial charge in [0.15, 0.2) is 3.14 Å². The number of benzene rings is 1. The number of nitrogens with zero attached hydrogens (tertiary/aromatic N) is 1. The molecular formula is C12H11NO4S4. The van der Waals surface area contributed by atoms with Crippen molar-refractivity contribution in [2.24, 2.45) is 3.77 Å². The van der Waals surface area contributed by atoms with Crippen molar-refractivity contribution >= 4 is 49.8 Å². The van der Waals surface area contributed by atoms with E-state index in [0.717, 1.165) is 28.0 Å². The van der Waals surface area contributed by atoms with E-state index in [4.69, 9.17) is 0 Å². The van der Waals surface area contributed by atoms with E-state index in [2.05, 4.69) is 8.50 Å². The van der Waals surface area contributed by atoms with Gasteiger partial charge in [0.25, 0.3) is 10.0 Å². The van der Waals surface area contributed by atoms with Crippen LogP contribution < -0.4 is 0 Å². The topological polar surface area (TPSA) is 72.8 Å². The van der Waals surface area contributed by atoms with Crippen molar-refractivity contribution in [1.82, 2.24) is 0 Å². The highest BCUT2D eigenvalue weighted by Gasteiger charge is 2.11. The van der Waals surface area contributed by atoms with E-state index in [-0.39, 0.29) is 4.90 Å². The largest absolute Gasteiger partial charge is 0.465 e. The van der Waals surface area contributed by atoms with Gasteiger partial charge in [-0.3, -0.25) is 0 Å². The molecule has 1 heterocycles. The van der Waals surface area contributed by atoms with Crippen molar-refractivity contribution < 1.29 is 17.9 Å². The molecule has 0 aliphatic carbocycles. The SMILES string of the molecule is COC(=O)c1csc(=S=NS(=O)(=O)c2ccc(C)cc2)s1. The quantitative estimate of drug-likeness (QED) is 0.622. The number of rotatable bonds is 3. The summed E-state index contributed by atoms with van der Waals surface area (Å²) in [5.74, 6) is -0.440. The summed E-state index contributed by atoms with van der Waals surface area (Å²) in [7, 11) is -2.41. The van der Waals surface area contributed by atoms with Crippen molar-refractivity contribution in [2.45, 2.75) is 11.8 Å². The molecule has 5 nitrogen and oxygen atoms in total. The first kappa shape index (κ1) is 16.1. The molecule has 0 atom stereocenters. The fraction of sp³-hybridized carbons (Fsp3) is 0.167. The first-order valence-corrected chi connectivity index (χ1v) is 9.54. The van der Waals surface area contributed by atoms with Gasteiger partial charge >= 0.3 is 5.97 Å². The zero-order chi connectivity index (χ0) is 15.5. The zero-order valence-corrected chi connectivity index (χ0v) is 14.4. The number of carbonyl (C=O) groups excluding carboxylic acids is 1. The summed E-state index contributed by atoms with van der Waals surface area (Å²) in [6, 6.07) is 6.48. The highest BCUT2D eigenvalue weighted by molar-refractivity contribution is 7.94. The second kappa shape index (κ2) is 6.65. The molecule has 9 heteroatoms. The zero-order valence-electron chi connectivity index (χ0n) is 11.1. The van der Waals surface area contributed by atoms with Crippen LogP contribution in [0.5, 0.6) is 0 Å². The average molecular weight is 361 g/mol. The molecule has 112 valence electrons. The number of carbonyl (C=O) groups is 1. The Morgan fingerprint density at radius 1 is 1.29 bits per heavy atom. The lowest BCUT2D eigenvalue weighted by Crippen LogP contribution is -1.96. The Bertz CT molecular complexity index is 855. The molecule has 0 unspecified atom stereocenters. The molecule has 0 saturated heterocycles. The van der Waals surface area contributed by atoms with Gasteiger partial charge in [0.05, 0.1) is 12.0 Å². The monoisotopic (exact) mass is 361 g/mol. The van der Waals surface area contributed by atoms with Gasteiger partial charge in [-0.1, -0.05) is 21.5 Å². The number of ether oxygens (including phenoxy) is 1. The van der Waals surface area contributed by atoms with Gasteiger partial charge in [-0.15, -0.1) is 22.7 Å². The second-order valence-corrected chi connectivity index (χ2v) is 9.21. The predicted molar refractivity (Wildman–Crippen MR) is 84.9 cm³/mol. The van der Waals surface area contributed by atoms with Crippen LogP contribution in [0.4, 0.5) is 0 Å². The van der Waals surface area contributed by atoms with Crippen LogP contribution in [0.15, 0.2) is 38.3 Å². The minimum Gasteiger partial charge on any atom is -0.465 e. The van der Waals surface area contributed by atoms with E-state index in [1.54, 1.807) is 17.5 Å². The van der Waals surface area contributed by atoms with Crippen molar-refractivity contribution in [3.8, 4) is 0 Å². The maximum Gasteiger partial charge on any atom is 0.348 e. The van der Waals surface area contributed by atoms with Gasteiger partial charge in [0.2, 0.25) is 0 Å². The van der Waals surface area contributed by atoms with Crippen LogP contribution in [0.3, 0.4) is 0 Å². The number of esters is 1. The molecule has 0 bridgehead atoms. The van der Waals surface area contributed by atoms with Crippen molar-refractivity contribution in [3.63, 3.8) is 0 Å². The molecule has 0 spiro atoms. The Labute approximate surface area is 133 Å². The highest BCUT2D eigenvalue weighted by Crippen LogP contribution is 2.18. The van der Waals surface area contributed by atoms with E-state index in [9.17, 15) is 13.2 Å². The van der Waals surface area contributed by atoms with Crippen LogP contribution >= 0.6 is 22.7 Å². The smallest absolute Gasteiger partial charge is 0.348 e. The summed E-state index contributed by atoms with van der Waals surface area (Å²) in [5, 5.41) is 1.62. The minimum absolute atomic E-state index is 0.148. The van der Waals surface area contributed by atoms with Crippen LogP contribution in [-0.4, -0.2) is 21.5 Å². The Balaban J connectivity index is 2.39. The molecule has 0 radical (unpaired) electrons. The first-order chi connectivity index (χ1) is 9.92. The number of hydrogen-bond acceptors (Lipinski definition) is 6. The molecule has 0 aliphatic rings. The average Bonchev–Trinajstić information content (AvgIpc) is 2.94. The Kier molecular flexibility index (Phi) is 5.09. The molecular weight excluding hydrogens is 350 g/mol. The van der Waals surface area contributed by atoms with E-state index in [0.29, 0.717) is 8.01 Å². The van der Waals surface area contributed by atoms with Crippen LogP contribution in [0.1, 0.15) is 15.2 Å². The third-order valence-electron chi connectivity index (χ3n) is 2.37. The lowest BCUT2D eigenvalue weighted by Gasteiger charge is -1.96. The fourth-order valence-electron chi connectivity index (χ4n) is 1.30. The standard InChI is InChI=1S/C12H11NO4S4/c1-8-3-5-9(6-4-8)21(15,16)13-20-12-18-7-10(19-12)11(14)17-2/h3-7H,1-2H3. The molecule has 1 aromatic heterocycles. The van der Waals surface area contributed by atoms with E-state index < -0.39 is 16.0 Å². The summed E-state index contributed by atoms with van der Waals surface area (Å²) in [6.07, 6.45) is 0. The number of aryl methyl sites for hydroxylation is 1.